The van der Waals surface area contributed by atoms with Crippen LogP contribution in [0.25, 0.3) is 22.3 Å². The van der Waals surface area contributed by atoms with E-state index in [1.807, 2.05) is 42.5 Å². The van der Waals surface area contributed by atoms with Gasteiger partial charge in [0.2, 0.25) is 0 Å². The number of carbonyl (C=O) groups is 1. The van der Waals surface area contributed by atoms with Crippen LogP contribution in [0.1, 0.15) is 34.3 Å². The zero-order valence-corrected chi connectivity index (χ0v) is 22.4. The fraction of sp³-hybridized carbons (Fsp3) is 0.265. The van der Waals surface area contributed by atoms with Crippen LogP contribution in [-0.2, 0) is 6.42 Å². The van der Waals surface area contributed by atoms with Crippen molar-refractivity contribution in [1.29, 1.82) is 0 Å². The second-order valence-electron chi connectivity index (χ2n) is 10.2. The Morgan fingerprint density at radius 2 is 1.58 bits per heavy atom. The number of aryl methyl sites for hydroxylation is 1. The second kappa shape index (κ2) is 11.7. The average Bonchev–Trinajstić information content (AvgIpc) is 2.94. The topological polar surface area (TPSA) is 38.8 Å². The molecule has 4 heteroatoms. The summed E-state index contributed by atoms with van der Waals surface area (Å²) in [6.07, 6.45) is 2.75. The molecule has 0 spiro atoms. The number of likely N-dealkylation sites (tertiary alicyclic amines) is 1. The molecule has 4 aromatic carbocycles. The van der Waals surface area contributed by atoms with Gasteiger partial charge in [0, 0.05) is 30.6 Å². The van der Waals surface area contributed by atoms with Gasteiger partial charge in [-0.1, -0.05) is 66.2 Å². The summed E-state index contributed by atoms with van der Waals surface area (Å²) < 4.78 is 11.8. The fourth-order valence-corrected chi connectivity index (χ4v) is 5.09. The maximum Gasteiger partial charge on any atom is 0.167 e. The molecule has 1 aliphatic rings. The number of carbonyl (C=O) groups excluding carboxylic acids is 1. The number of Topliss-reactive ketones (excluding diaryl/α,β-unsaturated/α-hetero) is 1. The Bertz CT molecular complexity index is 1400. The van der Waals surface area contributed by atoms with Crippen LogP contribution in [0.15, 0.2) is 91.0 Å². The molecule has 4 aromatic rings. The van der Waals surface area contributed by atoms with Crippen LogP contribution in [0, 0.1) is 6.92 Å². The van der Waals surface area contributed by atoms with Gasteiger partial charge >= 0.3 is 0 Å². The third kappa shape index (κ3) is 6.15. The fourth-order valence-electron chi connectivity index (χ4n) is 5.09. The zero-order valence-electron chi connectivity index (χ0n) is 22.4. The lowest BCUT2D eigenvalue weighted by molar-refractivity contribution is 0.0993. The third-order valence-corrected chi connectivity index (χ3v) is 7.30. The van der Waals surface area contributed by atoms with E-state index in [1.54, 1.807) is 7.11 Å². The maximum absolute atomic E-state index is 13.3. The van der Waals surface area contributed by atoms with E-state index in [-0.39, 0.29) is 11.9 Å². The van der Waals surface area contributed by atoms with Crippen LogP contribution in [0.2, 0.25) is 0 Å². The highest BCUT2D eigenvalue weighted by Gasteiger charge is 2.18. The number of nitrogens with zero attached hydrogens (tertiary/aromatic N) is 1. The van der Waals surface area contributed by atoms with E-state index in [4.69, 9.17) is 9.47 Å². The lowest BCUT2D eigenvalue weighted by atomic mass is 9.95. The number of methoxy groups -OCH3 is 1. The van der Waals surface area contributed by atoms with E-state index < -0.39 is 0 Å². The van der Waals surface area contributed by atoms with Crippen molar-refractivity contribution in [3.63, 3.8) is 0 Å². The highest BCUT2D eigenvalue weighted by molar-refractivity contribution is 5.99. The first-order valence-electron chi connectivity index (χ1n) is 13.3. The normalized spacial score (nSPS) is 14.3. The second-order valence-corrected chi connectivity index (χ2v) is 10.2. The minimum atomic E-state index is 0.0839. The lowest BCUT2D eigenvalue weighted by Crippen LogP contribution is -2.35. The number of benzene rings is 4. The number of ether oxygens (including phenoxy) is 2. The molecule has 0 aromatic heterocycles. The Kier molecular flexibility index (Phi) is 7.90. The predicted octanol–water partition coefficient (Wildman–Crippen LogP) is 7.24. The SMILES string of the molecule is COc1ccc(C(=O)Cc2cccc(-c3ccc(OC4CCN(C)CC4)cc3)c2)cc1-c1cccc(C)c1. The van der Waals surface area contributed by atoms with Crippen molar-refractivity contribution in [2.24, 2.45) is 0 Å². The Morgan fingerprint density at radius 1 is 0.842 bits per heavy atom. The molecule has 1 heterocycles. The van der Waals surface area contributed by atoms with E-state index in [0.717, 1.165) is 65.2 Å². The van der Waals surface area contributed by atoms with Crippen molar-refractivity contribution in [3.05, 3.63) is 108 Å². The summed E-state index contributed by atoms with van der Waals surface area (Å²) in [5.41, 5.74) is 7.02. The molecule has 194 valence electrons. The Morgan fingerprint density at radius 3 is 2.32 bits per heavy atom. The highest BCUT2D eigenvalue weighted by atomic mass is 16.5. The molecule has 0 amide bonds. The van der Waals surface area contributed by atoms with E-state index >= 15 is 0 Å². The van der Waals surface area contributed by atoms with Crippen LogP contribution < -0.4 is 9.47 Å². The minimum absolute atomic E-state index is 0.0839. The Hall–Kier alpha value is -3.89. The maximum atomic E-state index is 13.3. The first kappa shape index (κ1) is 25.7. The van der Waals surface area contributed by atoms with E-state index in [0.29, 0.717) is 12.0 Å². The predicted molar refractivity (Wildman–Crippen MR) is 154 cm³/mol. The van der Waals surface area contributed by atoms with Gasteiger partial charge in [0.05, 0.1) is 7.11 Å². The zero-order chi connectivity index (χ0) is 26.5. The summed E-state index contributed by atoms with van der Waals surface area (Å²) in [6.45, 7) is 4.23. The van der Waals surface area contributed by atoms with Crippen molar-refractivity contribution in [2.75, 3.05) is 27.2 Å². The Balaban J connectivity index is 1.29. The molecule has 0 radical (unpaired) electrons. The van der Waals surface area contributed by atoms with Crippen molar-refractivity contribution in [1.82, 2.24) is 4.90 Å². The molecule has 1 saturated heterocycles. The summed E-state index contributed by atoms with van der Waals surface area (Å²) in [5.74, 6) is 1.76. The standard InChI is InChI=1S/C34H35NO3/c1-24-6-4-9-28(20-24)32-23-29(12-15-34(32)37-3)33(36)22-25-7-5-8-27(21-25)26-10-13-30(14-11-26)38-31-16-18-35(2)19-17-31/h4-15,20-21,23,31H,16-19,22H2,1-3H3. The number of ketones is 1. The molecule has 0 saturated carbocycles. The monoisotopic (exact) mass is 505 g/mol. The van der Waals surface area contributed by atoms with Crippen molar-refractivity contribution < 1.29 is 14.3 Å². The molecule has 38 heavy (non-hydrogen) atoms. The number of rotatable bonds is 8. The third-order valence-electron chi connectivity index (χ3n) is 7.30. The lowest BCUT2D eigenvalue weighted by Gasteiger charge is -2.29. The molecular weight excluding hydrogens is 470 g/mol. The van der Waals surface area contributed by atoms with Crippen LogP contribution in [-0.4, -0.2) is 44.0 Å². The molecular formula is C34H35NO3. The minimum Gasteiger partial charge on any atom is -0.496 e. The number of hydrogen-bond donors (Lipinski definition) is 0. The molecule has 5 rings (SSSR count). The quantitative estimate of drug-likeness (QED) is 0.237. The van der Waals surface area contributed by atoms with Crippen molar-refractivity contribution in [3.8, 4) is 33.8 Å². The molecule has 0 bridgehead atoms. The molecule has 0 aliphatic carbocycles. The van der Waals surface area contributed by atoms with Crippen LogP contribution in [0.5, 0.6) is 11.5 Å². The summed E-state index contributed by atoms with van der Waals surface area (Å²) in [6, 6.07) is 30.5. The van der Waals surface area contributed by atoms with Crippen LogP contribution in [0.4, 0.5) is 0 Å². The van der Waals surface area contributed by atoms with Gasteiger partial charge in [-0.05, 0) is 79.4 Å². The molecule has 1 aliphatic heterocycles. The highest BCUT2D eigenvalue weighted by Crippen LogP contribution is 2.32. The van der Waals surface area contributed by atoms with Gasteiger partial charge < -0.3 is 14.4 Å². The summed E-state index contributed by atoms with van der Waals surface area (Å²) in [7, 11) is 3.82. The van der Waals surface area contributed by atoms with Gasteiger partial charge in [-0.25, -0.2) is 0 Å². The first-order valence-corrected chi connectivity index (χ1v) is 13.3. The van der Waals surface area contributed by atoms with Gasteiger partial charge in [0.25, 0.3) is 0 Å². The summed E-state index contributed by atoms with van der Waals surface area (Å²) in [5, 5.41) is 0. The largest absolute Gasteiger partial charge is 0.496 e. The van der Waals surface area contributed by atoms with Gasteiger partial charge in [-0.2, -0.15) is 0 Å². The number of piperidine rings is 1. The van der Waals surface area contributed by atoms with Crippen molar-refractivity contribution in [2.45, 2.75) is 32.3 Å². The van der Waals surface area contributed by atoms with Crippen LogP contribution in [0.3, 0.4) is 0 Å². The molecule has 0 atom stereocenters. The van der Waals surface area contributed by atoms with Crippen LogP contribution >= 0.6 is 0 Å². The average molecular weight is 506 g/mol. The number of hydrogen-bond acceptors (Lipinski definition) is 4. The molecule has 4 nitrogen and oxygen atoms in total. The van der Waals surface area contributed by atoms with Gasteiger partial charge in [-0.15, -0.1) is 0 Å². The first-order chi connectivity index (χ1) is 18.5. The van der Waals surface area contributed by atoms with Crippen molar-refractivity contribution >= 4 is 5.78 Å². The Labute approximate surface area is 225 Å². The summed E-state index contributed by atoms with van der Waals surface area (Å²) >= 11 is 0. The van der Waals surface area contributed by atoms with Gasteiger partial charge in [-0.3, -0.25) is 4.79 Å². The van der Waals surface area contributed by atoms with E-state index in [9.17, 15) is 4.79 Å². The summed E-state index contributed by atoms with van der Waals surface area (Å²) in [4.78, 5) is 15.7. The molecule has 0 unspecified atom stereocenters. The van der Waals surface area contributed by atoms with E-state index in [1.165, 1.54) is 5.56 Å². The smallest absolute Gasteiger partial charge is 0.167 e. The molecule has 1 fully saturated rings. The van der Waals surface area contributed by atoms with Gasteiger partial charge in [0.15, 0.2) is 5.78 Å². The van der Waals surface area contributed by atoms with E-state index in [2.05, 4.69) is 67.4 Å². The van der Waals surface area contributed by atoms with Gasteiger partial charge in [0.1, 0.15) is 17.6 Å². The molecule has 0 N–H and O–H groups in total.